The minimum Gasteiger partial charge on any atom is -0.466 e. The van der Waals surface area contributed by atoms with Crippen molar-refractivity contribution in [2.24, 2.45) is 0 Å². The van der Waals surface area contributed by atoms with Crippen LogP contribution < -0.4 is 15.8 Å². The molecule has 1 amide bonds. The summed E-state index contributed by atoms with van der Waals surface area (Å²) in [5.41, 5.74) is 3.43. The number of carbonyl (C=O) groups is 2. The predicted molar refractivity (Wildman–Crippen MR) is 139 cm³/mol. The summed E-state index contributed by atoms with van der Waals surface area (Å²) >= 11 is 0. The number of anilines is 1. The topological polar surface area (TPSA) is 96.8 Å². The molecule has 0 saturated carbocycles. The molecule has 0 atom stereocenters. The maximum atomic E-state index is 13.9. The number of nitrogens with zero attached hydrogens (tertiary/aromatic N) is 4. The number of benzene rings is 2. The fraction of sp³-hybridized carbons (Fsp3) is 0.407. The van der Waals surface area contributed by atoms with E-state index in [0.717, 1.165) is 36.9 Å². The lowest BCUT2D eigenvalue weighted by atomic mass is 10.1. The second kappa shape index (κ2) is 11.5. The van der Waals surface area contributed by atoms with Crippen molar-refractivity contribution in [1.82, 2.24) is 20.0 Å². The largest absolute Gasteiger partial charge is 0.466 e. The molecule has 3 aromatic rings. The van der Waals surface area contributed by atoms with Gasteiger partial charge in [0.15, 0.2) is 0 Å². The second-order valence-electron chi connectivity index (χ2n) is 9.21. The number of hydrogen-bond donors (Lipinski definition) is 1. The monoisotopic (exact) mass is 509 g/mol. The van der Waals surface area contributed by atoms with Crippen molar-refractivity contribution in [3.63, 3.8) is 0 Å². The third-order valence-corrected chi connectivity index (χ3v) is 6.64. The van der Waals surface area contributed by atoms with E-state index in [9.17, 15) is 18.8 Å². The molecule has 1 saturated heterocycles. The maximum Gasteiger partial charge on any atom is 0.311 e. The van der Waals surface area contributed by atoms with Gasteiger partial charge in [0, 0.05) is 37.3 Å². The quantitative estimate of drug-likeness (QED) is 0.465. The fourth-order valence-corrected chi connectivity index (χ4v) is 4.42. The van der Waals surface area contributed by atoms with Crippen LogP contribution in [0.25, 0.3) is 10.8 Å². The van der Waals surface area contributed by atoms with Gasteiger partial charge in [-0.05, 0) is 62.2 Å². The number of fused-ring (bicyclic) bond motifs is 1. The molecule has 2 aromatic carbocycles. The molecule has 9 nitrogen and oxygen atoms in total. The molecular weight excluding hydrogens is 477 g/mol. The lowest BCUT2D eigenvalue weighted by Crippen LogP contribution is -2.50. The van der Waals surface area contributed by atoms with Crippen molar-refractivity contribution < 1.29 is 18.7 Å². The molecule has 2 heterocycles. The Morgan fingerprint density at radius 1 is 1.03 bits per heavy atom. The lowest BCUT2D eigenvalue weighted by molar-refractivity contribution is -0.142. The van der Waals surface area contributed by atoms with E-state index in [4.69, 9.17) is 4.74 Å². The lowest BCUT2D eigenvalue weighted by Gasteiger charge is -2.36. The SMILES string of the molecule is CCOC(=O)Cc1nn(CNC(=O)CN2CCN(c3ccc(C)c(C)c3)CC2)c(=O)c2cc(F)ccc12. The van der Waals surface area contributed by atoms with Gasteiger partial charge >= 0.3 is 5.97 Å². The van der Waals surface area contributed by atoms with Gasteiger partial charge in [0.25, 0.3) is 5.56 Å². The molecule has 1 aromatic heterocycles. The first-order valence-corrected chi connectivity index (χ1v) is 12.4. The van der Waals surface area contributed by atoms with Gasteiger partial charge in [-0.2, -0.15) is 5.10 Å². The Morgan fingerprint density at radius 3 is 2.49 bits per heavy atom. The Kier molecular flexibility index (Phi) is 8.17. The number of amides is 1. The van der Waals surface area contributed by atoms with E-state index in [0.29, 0.717) is 5.39 Å². The minimum absolute atomic E-state index is 0.0889. The molecule has 1 aliphatic heterocycles. The highest BCUT2D eigenvalue weighted by Crippen LogP contribution is 2.20. The van der Waals surface area contributed by atoms with Crippen LogP contribution in [-0.2, 0) is 27.4 Å². The smallest absolute Gasteiger partial charge is 0.311 e. The molecule has 10 heteroatoms. The first-order valence-electron chi connectivity index (χ1n) is 12.4. The molecule has 4 rings (SSSR count). The highest BCUT2D eigenvalue weighted by atomic mass is 19.1. The van der Waals surface area contributed by atoms with Crippen LogP contribution in [0.1, 0.15) is 23.7 Å². The van der Waals surface area contributed by atoms with Gasteiger partial charge in [-0.3, -0.25) is 19.3 Å². The summed E-state index contributed by atoms with van der Waals surface area (Å²) in [4.78, 5) is 42.0. The van der Waals surface area contributed by atoms with Crippen molar-refractivity contribution in [2.45, 2.75) is 33.9 Å². The molecule has 196 valence electrons. The van der Waals surface area contributed by atoms with Gasteiger partial charge in [0.2, 0.25) is 5.91 Å². The van der Waals surface area contributed by atoms with E-state index in [1.807, 2.05) is 0 Å². The van der Waals surface area contributed by atoms with Gasteiger partial charge in [0.1, 0.15) is 12.5 Å². The van der Waals surface area contributed by atoms with Crippen LogP contribution in [0.4, 0.5) is 10.1 Å². The Labute approximate surface area is 214 Å². The molecule has 0 spiro atoms. The van der Waals surface area contributed by atoms with Crippen molar-refractivity contribution >= 4 is 28.3 Å². The number of piperazine rings is 1. The normalized spacial score (nSPS) is 14.1. The summed E-state index contributed by atoms with van der Waals surface area (Å²) in [5.74, 6) is -1.33. The van der Waals surface area contributed by atoms with Crippen LogP contribution in [0.3, 0.4) is 0 Å². The zero-order chi connectivity index (χ0) is 26.5. The van der Waals surface area contributed by atoms with Gasteiger partial charge in [-0.15, -0.1) is 0 Å². The standard InChI is InChI=1S/C27H32FN5O4/c1-4-37-26(35)15-24-22-8-6-20(28)14-23(22)27(36)33(30-24)17-29-25(34)16-31-9-11-32(12-10-31)21-7-5-18(2)19(3)13-21/h5-8,13-14H,4,9-12,15-17H2,1-3H3,(H,29,34). The van der Waals surface area contributed by atoms with Crippen LogP contribution in [0, 0.1) is 19.7 Å². The number of halogens is 1. The number of hydrogen-bond acceptors (Lipinski definition) is 7. The summed E-state index contributed by atoms with van der Waals surface area (Å²) < 4.78 is 19.9. The highest BCUT2D eigenvalue weighted by Gasteiger charge is 2.20. The van der Waals surface area contributed by atoms with Gasteiger partial charge in [-0.25, -0.2) is 9.07 Å². The molecule has 1 N–H and O–H groups in total. The highest BCUT2D eigenvalue weighted by molar-refractivity contribution is 5.87. The molecule has 0 radical (unpaired) electrons. The molecule has 0 unspecified atom stereocenters. The first-order chi connectivity index (χ1) is 17.7. The third-order valence-electron chi connectivity index (χ3n) is 6.64. The van der Waals surface area contributed by atoms with Crippen LogP contribution in [0.15, 0.2) is 41.2 Å². The molecule has 37 heavy (non-hydrogen) atoms. The molecule has 1 fully saturated rings. The van der Waals surface area contributed by atoms with Gasteiger partial charge in [0.05, 0.1) is 30.7 Å². The summed E-state index contributed by atoms with van der Waals surface area (Å²) in [5, 5.41) is 7.47. The summed E-state index contributed by atoms with van der Waals surface area (Å²) in [6.45, 7) is 9.18. The van der Waals surface area contributed by atoms with Crippen molar-refractivity contribution in [3.05, 3.63) is 69.4 Å². The Morgan fingerprint density at radius 2 is 1.78 bits per heavy atom. The van der Waals surface area contributed by atoms with E-state index < -0.39 is 17.3 Å². The number of ether oxygens (including phenoxy) is 1. The third kappa shape index (κ3) is 6.32. The van der Waals surface area contributed by atoms with Crippen molar-refractivity contribution in [3.8, 4) is 0 Å². The number of esters is 1. The number of aryl methyl sites for hydroxylation is 2. The van der Waals surface area contributed by atoms with Gasteiger partial charge < -0.3 is 15.0 Å². The predicted octanol–water partition coefficient (Wildman–Crippen LogP) is 2.15. The maximum absolute atomic E-state index is 13.9. The van der Waals surface area contributed by atoms with E-state index in [1.54, 1.807) is 6.92 Å². The Balaban J connectivity index is 1.38. The number of rotatable bonds is 8. The van der Waals surface area contributed by atoms with Gasteiger partial charge in [-0.1, -0.05) is 6.07 Å². The number of carbonyl (C=O) groups excluding carboxylic acids is 2. The van der Waals surface area contributed by atoms with Crippen LogP contribution >= 0.6 is 0 Å². The summed E-state index contributed by atoms with van der Waals surface area (Å²) in [6.07, 6.45) is -0.172. The second-order valence-corrected chi connectivity index (χ2v) is 9.21. The Hall–Kier alpha value is -3.79. The minimum atomic E-state index is -0.576. The van der Waals surface area contributed by atoms with Crippen molar-refractivity contribution in [1.29, 1.82) is 0 Å². The molecule has 1 aliphatic rings. The number of aromatic nitrogens is 2. The first kappa shape index (κ1) is 26.3. The van der Waals surface area contributed by atoms with Crippen LogP contribution in [-0.4, -0.2) is 65.9 Å². The van der Waals surface area contributed by atoms with E-state index in [-0.39, 0.29) is 43.2 Å². The molecule has 0 bridgehead atoms. The molecular formula is C27H32FN5O4. The average molecular weight is 510 g/mol. The Bertz CT molecular complexity index is 1360. The van der Waals surface area contributed by atoms with Crippen LogP contribution in [0.2, 0.25) is 0 Å². The zero-order valence-corrected chi connectivity index (χ0v) is 21.4. The van der Waals surface area contributed by atoms with Crippen LogP contribution in [0.5, 0.6) is 0 Å². The molecule has 0 aliphatic carbocycles. The summed E-state index contributed by atoms with van der Waals surface area (Å²) in [6, 6.07) is 10.2. The zero-order valence-electron chi connectivity index (χ0n) is 21.4. The fourth-order valence-electron chi connectivity index (χ4n) is 4.42. The van der Waals surface area contributed by atoms with E-state index in [1.165, 1.54) is 28.9 Å². The van der Waals surface area contributed by atoms with E-state index in [2.05, 4.69) is 52.3 Å². The summed E-state index contributed by atoms with van der Waals surface area (Å²) in [7, 11) is 0. The van der Waals surface area contributed by atoms with Crippen molar-refractivity contribution in [2.75, 3.05) is 44.2 Å². The van der Waals surface area contributed by atoms with E-state index >= 15 is 0 Å². The number of nitrogens with one attached hydrogen (secondary N) is 1. The average Bonchev–Trinajstić information content (AvgIpc) is 2.87.